The maximum absolute atomic E-state index is 13.9. The number of rotatable bonds is 3. The van der Waals surface area contributed by atoms with E-state index in [4.69, 9.17) is 23.8 Å². The third-order valence-corrected chi connectivity index (χ3v) is 4.80. The van der Waals surface area contributed by atoms with Crippen molar-refractivity contribution in [1.82, 2.24) is 9.88 Å². The van der Waals surface area contributed by atoms with E-state index in [1.165, 1.54) is 30.9 Å². The van der Waals surface area contributed by atoms with Crippen molar-refractivity contribution in [3.8, 4) is 5.88 Å². The van der Waals surface area contributed by atoms with Crippen LogP contribution < -0.4 is 4.74 Å². The first-order valence-electron chi connectivity index (χ1n) is 9.20. The molecule has 0 aromatic carbocycles. The molecule has 1 aliphatic heterocycles. The minimum atomic E-state index is -5.08. The molecule has 2 aliphatic rings. The standard InChI is InChI=1S/C17H17FN2O4.C2HF3O2/c18-12-2-1-6-19-16(12)24-15-13-3-4-14(15)23-9-7-20(13)17(21)11-5-8-22-10-11;3-2(4,5)1(6)7/h1-2,5-6,8,10,13-15H,3-4,7,9H2;(H,6,7). The molecule has 31 heavy (non-hydrogen) atoms. The Hall–Kier alpha value is -3.15. The molecule has 1 saturated heterocycles. The monoisotopic (exact) mass is 446 g/mol. The smallest absolute Gasteiger partial charge is 0.475 e. The van der Waals surface area contributed by atoms with Gasteiger partial charge in [0.05, 0.1) is 30.6 Å². The summed E-state index contributed by atoms with van der Waals surface area (Å²) in [6.45, 7) is 0.894. The van der Waals surface area contributed by atoms with E-state index < -0.39 is 24.1 Å². The molecule has 0 radical (unpaired) electrons. The summed E-state index contributed by atoms with van der Waals surface area (Å²) in [6.07, 6.45) is 0.190. The molecule has 4 rings (SSSR count). The molecule has 3 atom stereocenters. The number of carboxylic acids is 1. The highest BCUT2D eigenvalue weighted by atomic mass is 19.4. The second-order valence-corrected chi connectivity index (χ2v) is 6.74. The first-order valence-corrected chi connectivity index (χ1v) is 9.20. The zero-order valence-corrected chi connectivity index (χ0v) is 15.9. The Morgan fingerprint density at radius 1 is 1.26 bits per heavy atom. The molecular formula is C19H18F4N2O6. The fourth-order valence-corrected chi connectivity index (χ4v) is 3.44. The molecule has 168 valence electrons. The quantitative estimate of drug-likeness (QED) is 0.724. The Kier molecular flexibility index (Phi) is 6.78. The Balaban J connectivity index is 0.000000339. The molecule has 1 N–H and O–H groups in total. The van der Waals surface area contributed by atoms with Crippen LogP contribution in [0.2, 0.25) is 0 Å². The van der Waals surface area contributed by atoms with Crippen LogP contribution in [0.1, 0.15) is 23.2 Å². The lowest BCUT2D eigenvalue weighted by Gasteiger charge is -2.31. The van der Waals surface area contributed by atoms with E-state index >= 15 is 0 Å². The van der Waals surface area contributed by atoms with Crippen molar-refractivity contribution in [2.75, 3.05) is 13.2 Å². The predicted molar refractivity (Wildman–Crippen MR) is 94.8 cm³/mol. The van der Waals surface area contributed by atoms with Gasteiger partial charge in [0.2, 0.25) is 0 Å². The Morgan fingerprint density at radius 2 is 2.00 bits per heavy atom. The number of carbonyl (C=O) groups is 2. The van der Waals surface area contributed by atoms with Gasteiger partial charge in [0.1, 0.15) is 12.4 Å². The number of halogens is 4. The summed E-state index contributed by atoms with van der Waals surface area (Å²) in [5.41, 5.74) is 0.489. The summed E-state index contributed by atoms with van der Waals surface area (Å²) in [5, 5.41) is 7.12. The van der Waals surface area contributed by atoms with Crippen LogP contribution in [0, 0.1) is 5.82 Å². The predicted octanol–water partition coefficient (Wildman–Crippen LogP) is 2.90. The molecule has 12 heteroatoms. The topological polar surface area (TPSA) is 102 Å². The third kappa shape index (κ3) is 5.32. The lowest BCUT2D eigenvalue weighted by atomic mass is 10.1. The van der Waals surface area contributed by atoms with E-state index in [9.17, 15) is 22.4 Å². The van der Waals surface area contributed by atoms with E-state index in [0.717, 1.165) is 12.8 Å². The zero-order chi connectivity index (χ0) is 22.6. The molecule has 2 fully saturated rings. The number of amides is 1. The SMILES string of the molecule is O=C(O)C(F)(F)F.O=C(c1ccoc1)N1CCOC2CCC1C2Oc1ncccc1F. The fourth-order valence-electron chi connectivity index (χ4n) is 3.44. The number of hydrogen-bond donors (Lipinski definition) is 1. The van der Waals surface area contributed by atoms with Crippen LogP contribution in [0.5, 0.6) is 5.88 Å². The number of carboxylic acid groups (broad SMARTS) is 1. The third-order valence-electron chi connectivity index (χ3n) is 4.80. The van der Waals surface area contributed by atoms with Crippen LogP contribution in [-0.2, 0) is 9.53 Å². The Bertz CT molecular complexity index is 905. The van der Waals surface area contributed by atoms with E-state index in [1.807, 2.05) is 0 Å². The molecule has 2 aromatic heterocycles. The zero-order valence-electron chi connectivity index (χ0n) is 15.9. The highest BCUT2D eigenvalue weighted by Crippen LogP contribution is 2.33. The summed E-state index contributed by atoms with van der Waals surface area (Å²) >= 11 is 0. The number of hydrogen-bond acceptors (Lipinski definition) is 6. The molecule has 3 heterocycles. The average molecular weight is 446 g/mol. The fraction of sp³-hybridized carbons (Fsp3) is 0.421. The van der Waals surface area contributed by atoms with Gasteiger partial charge in [0, 0.05) is 12.7 Å². The van der Waals surface area contributed by atoms with Gasteiger partial charge in [-0.3, -0.25) is 4.79 Å². The number of furan rings is 1. The van der Waals surface area contributed by atoms with Gasteiger partial charge in [-0.25, -0.2) is 14.2 Å². The van der Waals surface area contributed by atoms with Gasteiger partial charge in [-0.2, -0.15) is 13.2 Å². The maximum atomic E-state index is 13.9. The minimum Gasteiger partial charge on any atom is -0.475 e. The minimum absolute atomic E-state index is 0.0550. The van der Waals surface area contributed by atoms with Gasteiger partial charge in [-0.1, -0.05) is 0 Å². The number of carbonyl (C=O) groups excluding carboxylic acids is 1. The van der Waals surface area contributed by atoms with Crippen LogP contribution in [0.3, 0.4) is 0 Å². The molecule has 2 bridgehead atoms. The summed E-state index contributed by atoms with van der Waals surface area (Å²) in [4.78, 5) is 27.3. The average Bonchev–Trinajstić information content (AvgIpc) is 3.32. The number of aromatic nitrogens is 1. The first-order chi connectivity index (χ1) is 14.7. The number of fused-ring (bicyclic) bond motifs is 2. The van der Waals surface area contributed by atoms with E-state index in [1.54, 1.807) is 11.0 Å². The van der Waals surface area contributed by atoms with Crippen molar-refractivity contribution in [1.29, 1.82) is 0 Å². The lowest BCUT2D eigenvalue weighted by Crippen LogP contribution is -2.47. The molecule has 0 spiro atoms. The van der Waals surface area contributed by atoms with Crippen molar-refractivity contribution in [3.63, 3.8) is 0 Å². The van der Waals surface area contributed by atoms with E-state index in [2.05, 4.69) is 4.98 Å². The number of nitrogens with zero attached hydrogens (tertiary/aromatic N) is 2. The Morgan fingerprint density at radius 3 is 2.61 bits per heavy atom. The summed E-state index contributed by atoms with van der Waals surface area (Å²) in [5.74, 6) is -3.46. The van der Waals surface area contributed by atoms with Gasteiger partial charge in [0.15, 0.2) is 5.82 Å². The van der Waals surface area contributed by atoms with Crippen LogP contribution in [0.25, 0.3) is 0 Å². The maximum Gasteiger partial charge on any atom is 0.490 e. The van der Waals surface area contributed by atoms with Crippen molar-refractivity contribution >= 4 is 11.9 Å². The van der Waals surface area contributed by atoms with Crippen LogP contribution in [0.4, 0.5) is 17.6 Å². The summed E-state index contributed by atoms with van der Waals surface area (Å²) in [7, 11) is 0. The second-order valence-electron chi connectivity index (χ2n) is 6.74. The highest BCUT2D eigenvalue weighted by Gasteiger charge is 2.46. The van der Waals surface area contributed by atoms with Gasteiger partial charge in [-0.05, 0) is 31.0 Å². The molecule has 1 saturated carbocycles. The molecule has 3 unspecified atom stereocenters. The van der Waals surface area contributed by atoms with Gasteiger partial charge in [0.25, 0.3) is 11.8 Å². The first kappa shape index (κ1) is 22.5. The van der Waals surface area contributed by atoms with Crippen LogP contribution in [0.15, 0.2) is 41.3 Å². The molecule has 1 aliphatic carbocycles. The molecule has 8 nitrogen and oxygen atoms in total. The summed E-state index contributed by atoms with van der Waals surface area (Å²) < 4.78 is 62.3. The van der Waals surface area contributed by atoms with Crippen LogP contribution in [-0.4, -0.2) is 64.4 Å². The summed E-state index contributed by atoms with van der Waals surface area (Å²) in [6, 6.07) is 4.27. The normalized spacial score (nSPS) is 22.8. The van der Waals surface area contributed by atoms with Gasteiger partial charge >= 0.3 is 12.1 Å². The van der Waals surface area contributed by atoms with Crippen LogP contribution >= 0.6 is 0 Å². The number of alkyl halides is 3. The molecular weight excluding hydrogens is 428 g/mol. The Labute approximate surface area is 173 Å². The van der Waals surface area contributed by atoms with Crippen molar-refractivity contribution in [2.45, 2.75) is 37.3 Å². The van der Waals surface area contributed by atoms with Crippen molar-refractivity contribution in [2.24, 2.45) is 0 Å². The molecule has 2 aromatic rings. The van der Waals surface area contributed by atoms with Crippen molar-refractivity contribution in [3.05, 3.63) is 48.3 Å². The highest BCUT2D eigenvalue weighted by molar-refractivity contribution is 5.94. The van der Waals surface area contributed by atoms with E-state index in [0.29, 0.717) is 18.7 Å². The van der Waals surface area contributed by atoms with Gasteiger partial charge in [-0.15, -0.1) is 0 Å². The largest absolute Gasteiger partial charge is 0.490 e. The molecule has 1 amide bonds. The lowest BCUT2D eigenvalue weighted by molar-refractivity contribution is -0.192. The number of ether oxygens (including phenoxy) is 2. The van der Waals surface area contributed by atoms with E-state index in [-0.39, 0.29) is 23.9 Å². The van der Waals surface area contributed by atoms with Gasteiger partial charge < -0.3 is 23.9 Å². The number of aliphatic carboxylic acids is 1. The van der Waals surface area contributed by atoms with Crippen molar-refractivity contribution < 1.29 is 46.1 Å². The number of pyridine rings is 1. The second kappa shape index (κ2) is 9.33.